The first-order chi connectivity index (χ1) is 27.8. The fourth-order valence-corrected chi connectivity index (χ4v) is 9.59. The molecule has 12 rings (SSSR count). The summed E-state index contributed by atoms with van der Waals surface area (Å²) in [5.74, 6) is 1.94. The van der Waals surface area contributed by atoms with Crippen LogP contribution in [0.25, 0.3) is 83.9 Å². The molecule has 1 atom stereocenters. The zero-order valence-corrected chi connectivity index (χ0v) is 30.3. The van der Waals surface area contributed by atoms with E-state index < -0.39 is 5.41 Å². The molecule has 0 amide bonds. The molecule has 0 fully saturated rings. The Morgan fingerprint density at radius 1 is 0.339 bits per heavy atom. The molecule has 8 aromatic carbocycles. The third kappa shape index (κ3) is 4.21. The summed E-state index contributed by atoms with van der Waals surface area (Å²) in [6, 6.07) is 69.7. The van der Waals surface area contributed by atoms with Crippen LogP contribution in [0.4, 0.5) is 0 Å². The highest BCUT2D eigenvalue weighted by atomic mass is 15.0. The molecule has 0 saturated carbocycles. The summed E-state index contributed by atoms with van der Waals surface area (Å²) < 4.78 is 2.50. The summed E-state index contributed by atoms with van der Waals surface area (Å²) in [4.78, 5) is 15.3. The average molecular weight is 713 g/mol. The molecule has 56 heavy (non-hydrogen) atoms. The normalized spacial score (nSPS) is 14.9. The van der Waals surface area contributed by atoms with E-state index in [-0.39, 0.29) is 0 Å². The van der Waals surface area contributed by atoms with Crippen molar-refractivity contribution in [2.24, 2.45) is 0 Å². The lowest BCUT2D eigenvalue weighted by atomic mass is 9.65. The lowest BCUT2D eigenvalue weighted by molar-refractivity contribution is 0.749. The van der Waals surface area contributed by atoms with Crippen LogP contribution in [0.15, 0.2) is 194 Å². The zero-order chi connectivity index (χ0) is 36.8. The van der Waals surface area contributed by atoms with Crippen LogP contribution in [0.1, 0.15) is 22.3 Å². The summed E-state index contributed by atoms with van der Waals surface area (Å²) >= 11 is 0. The Balaban J connectivity index is 1.13. The molecule has 0 bridgehead atoms. The van der Waals surface area contributed by atoms with Crippen molar-refractivity contribution in [1.29, 1.82) is 0 Å². The van der Waals surface area contributed by atoms with E-state index >= 15 is 0 Å². The molecule has 4 nitrogen and oxygen atoms in total. The van der Waals surface area contributed by atoms with Crippen LogP contribution in [0, 0.1) is 0 Å². The molecule has 4 heteroatoms. The van der Waals surface area contributed by atoms with E-state index in [1.165, 1.54) is 60.9 Å². The van der Waals surface area contributed by atoms with E-state index in [1.807, 2.05) is 36.4 Å². The number of fused-ring (bicyclic) bond motifs is 12. The summed E-state index contributed by atoms with van der Waals surface area (Å²) in [6.07, 6.45) is 0. The van der Waals surface area contributed by atoms with Gasteiger partial charge in [-0.15, -0.1) is 0 Å². The minimum atomic E-state index is -0.536. The smallest absolute Gasteiger partial charge is 0.164 e. The van der Waals surface area contributed by atoms with Gasteiger partial charge in [-0.1, -0.05) is 176 Å². The van der Waals surface area contributed by atoms with Crippen LogP contribution in [-0.2, 0) is 5.41 Å². The van der Waals surface area contributed by atoms with E-state index in [2.05, 4.69) is 162 Å². The van der Waals surface area contributed by atoms with E-state index in [0.29, 0.717) is 17.5 Å². The predicted molar refractivity (Wildman–Crippen MR) is 227 cm³/mol. The Morgan fingerprint density at radius 2 is 0.893 bits per heavy atom. The van der Waals surface area contributed by atoms with Gasteiger partial charge in [0.1, 0.15) is 0 Å². The van der Waals surface area contributed by atoms with Gasteiger partial charge in [-0.05, 0) is 62.7 Å². The Morgan fingerprint density at radius 3 is 1.66 bits per heavy atom. The lowest BCUT2D eigenvalue weighted by Gasteiger charge is -2.39. The van der Waals surface area contributed by atoms with Crippen LogP contribution in [0.3, 0.4) is 0 Å². The third-order valence-corrected chi connectivity index (χ3v) is 11.9. The van der Waals surface area contributed by atoms with E-state index in [0.717, 1.165) is 27.8 Å². The average Bonchev–Trinajstić information content (AvgIpc) is 3.77. The monoisotopic (exact) mass is 712 g/mol. The van der Waals surface area contributed by atoms with Gasteiger partial charge in [-0.25, -0.2) is 15.0 Å². The summed E-state index contributed by atoms with van der Waals surface area (Å²) in [5, 5.41) is 2.55. The van der Waals surface area contributed by atoms with Crippen molar-refractivity contribution in [2.45, 2.75) is 5.41 Å². The Hall–Kier alpha value is -7.43. The number of para-hydroxylation sites is 3. The molecule has 3 heterocycles. The topological polar surface area (TPSA) is 43.6 Å². The molecule has 0 saturated heterocycles. The van der Waals surface area contributed by atoms with Crippen molar-refractivity contribution < 1.29 is 0 Å². The first-order valence-corrected chi connectivity index (χ1v) is 19.1. The molecule has 260 valence electrons. The number of hydrogen-bond acceptors (Lipinski definition) is 3. The van der Waals surface area contributed by atoms with Gasteiger partial charge in [0.05, 0.1) is 22.1 Å². The van der Waals surface area contributed by atoms with Gasteiger partial charge in [0.15, 0.2) is 17.5 Å². The lowest BCUT2D eigenvalue weighted by Crippen LogP contribution is -2.33. The van der Waals surface area contributed by atoms with Gasteiger partial charge in [-0.3, -0.25) is 0 Å². The van der Waals surface area contributed by atoms with Crippen molar-refractivity contribution in [1.82, 2.24) is 19.5 Å². The zero-order valence-electron chi connectivity index (χ0n) is 30.3. The second kappa shape index (κ2) is 11.8. The molecule has 2 aliphatic rings. The number of benzene rings is 8. The van der Waals surface area contributed by atoms with Gasteiger partial charge < -0.3 is 4.57 Å². The molecule has 0 N–H and O–H groups in total. The van der Waals surface area contributed by atoms with Crippen LogP contribution in [0.2, 0.25) is 0 Å². The predicted octanol–water partition coefficient (Wildman–Crippen LogP) is 12.3. The summed E-state index contributed by atoms with van der Waals surface area (Å²) in [6.45, 7) is 0. The van der Waals surface area contributed by atoms with E-state index in [9.17, 15) is 0 Å². The molecule has 1 spiro atoms. The number of hydrogen-bond donors (Lipinski definition) is 0. The molecule has 10 aromatic rings. The number of aromatic nitrogens is 4. The van der Waals surface area contributed by atoms with Gasteiger partial charge in [0.25, 0.3) is 0 Å². The largest absolute Gasteiger partial charge is 0.309 e. The number of rotatable bonds is 4. The summed E-state index contributed by atoms with van der Waals surface area (Å²) in [7, 11) is 0. The van der Waals surface area contributed by atoms with Crippen molar-refractivity contribution in [3.8, 4) is 62.1 Å². The first-order valence-electron chi connectivity index (χ1n) is 19.1. The van der Waals surface area contributed by atoms with Crippen LogP contribution < -0.4 is 0 Å². The minimum absolute atomic E-state index is 0.536. The van der Waals surface area contributed by atoms with E-state index in [1.54, 1.807) is 0 Å². The third-order valence-electron chi connectivity index (χ3n) is 11.9. The fourth-order valence-electron chi connectivity index (χ4n) is 9.59. The van der Waals surface area contributed by atoms with Gasteiger partial charge >= 0.3 is 0 Å². The Kier molecular flexibility index (Phi) is 6.52. The Labute approximate surface area is 324 Å². The van der Waals surface area contributed by atoms with Gasteiger partial charge in [0.2, 0.25) is 0 Å². The van der Waals surface area contributed by atoms with Gasteiger partial charge in [-0.2, -0.15) is 0 Å². The molecule has 1 aliphatic carbocycles. The minimum Gasteiger partial charge on any atom is -0.309 e. The highest BCUT2D eigenvalue weighted by molar-refractivity contribution is 6.13. The fraction of sp³-hybridized carbons (Fsp3) is 0.0192. The first kappa shape index (κ1) is 31.0. The van der Waals surface area contributed by atoms with Crippen molar-refractivity contribution in [2.75, 3.05) is 0 Å². The van der Waals surface area contributed by atoms with Crippen LogP contribution in [-0.4, -0.2) is 19.5 Å². The van der Waals surface area contributed by atoms with Crippen LogP contribution >= 0.6 is 0 Å². The maximum atomic E-state index is 5.15. The highest BCUT2D eigenvalue weighted by Crippen LogP contribution is 2.61. The number of nitrogens with zero attached hydrogens (tertiary/aromatic N) is 4. The van der Waals surface area contributed by atoms with Crippen LogP contribution in [0.5, 0.6) is 0 Å². The maximum absolute atomic E-state index is 5.15. The second-order valence-electron chi connectivity index (χ2n) is 14.7. The summed E-state index contributed by atoms with van der Waals surface area (Å²) in [5.41, 5.74) is 16.0. The van der Waals surface area contributed by atoms with Gasteiger partial charge in [0, 0.05) is 27.5 Å². The van der Waals surface area contributed by atoms with E-state index in [4.69, 9.17) is 15.0 Å². The Bertz CT molecular complexity index is 3140. The SMILES string of the molecule is c1ccc(-c2nc(-c3ccccc3)nc(-c3ccccc3-c3ccc4c(c3)C3(c5ccccc5-4)c4ccccc4-n4c5ccccc5c5cccc3c54)n2)cc1. The molecule has 0 radical (unpaired) electrons. The molecular weight excluding hydrogens is 681 g/mol. The molecular formula is C52H32N4. The molecule has 1 aliphatic heterocycles. The maximum Gasteiger partial charge on any atom is 0.164 e. The van der Waals surface area contributed by atoms with Crippen molar-refractivity contribution >= 4 is 21.8 Å². The highest BCUT2D eigenvalue weighted by Gasteiger charge is 2.50. The molecule has 1 unspecified atom stereocenters. The molecule has 2 aromatic heterocycles. The van der Waals surface area contributed by atoms with Crippen molar-refractivity contribution in [3.05, 3.63) is 216 Å². The van der Waals surface area contributed by atoms with Crippen molar-refractivity contribution in [3.63, 3.8) is 0 Å². The quantitative estimate of drug-likeness (QED) is 0.182. The standard InChI is InChI=1S/C52H32N4/c1-3-16-33(17-4-1)49-53-50(34-18-5-2-6-19-34)55-51(54-49)41-23-8-7-20-36(41)35-30-31-38-37-21-9-11-25-42(37)52(45(38)32-35)43-26-12-14-29-47(43)56-46-28-13-10-22-39(46)40-24-15-27-44(52)48(40)56/h1-32H. The second-order valence-corrected chi connectivity index (χ2v) is 14.7.